The Labute approximate surface area is 113 Å². The van der Waals surface area contributed by atoms with Crippen molar-refractivity contribution in [3.8, 4) is 0 Å². The van der Waals surface area contributed by atoms with Crippen LogP contribution in [0.2, 0.25) is 0 Å². The number of carbonyl (C=O) groups is 1. The zero-order valence-electron chi connectivity index (χ0n) is 11.1. The lowest BCUT2D eigenvalue weighted by molar-refractivity contribution is -0.137. The van der Waals surface area contributed by atoms with E-state index in [1.165, 1.54) is 0 Å². The van der Waals surface area contributed by atoms with Crippen LogP contribution in [0.25, 0.3) is 0 Å². The van der Waals surface area contributed by atoms with Crippen LogP contribution in [-0.2, 0) is 14.8 Å². The Morgan fingerprint density at radius 1 is 1.32 bits per heavy atom. The molecule has 1 unspecified atom stereocenters. The van der Waals surface area contributed by atoms with E-state index >= 15 is 0 Å². The molecular formula is C13H19NO4S. The SMILES string of the molecule is Cc1ccc(C(C)NS(=O)(=O)CCCC(=O)O)cc1. The van der Waals surface area contributed by atoms with Gasteiger partial charge in [0.05, 0.1) is 5.75 Å². The molecule has 19 heavy (non-hydrogen) atoms. The molecule has 0 saturated carbocycles. The first-order valence-electron chi connectivity index (χ1n) is 6.08. The number of carboxylic acid groups (broad SMARTS) is 1. The predicted octanol–water partition coefficient (Wildman–Crippen LogP) is 1.84. The van der Waals surface area contributed by atoms with E-state index in [9.17, 15) is 13.2 Å². The third-order valence-electron chi connectivity index (χ3n) is 2.74. The van der Waals surface area contributed by atoms with Crippen LogP contribution in [0.4, 0.5) is 0 Å². The number of aryl methyl sites for hydroxylation is 1. The molecule has 1 rings (SSSR count). The molecule has 0 heterocycles. The van der Waals surface area contributed by atoms with Crippen molar-refractivity contribution in [2.24, 2.45) is 0 Å². The lowest BCUT2D eigenvalue weighted by Crippen LogP contribution is -2.29. The van der Waals surface area contributed by atoms with Crippen molar-refractivity contribution in [3.05, 3.63) is 35.4 Å². The predicted molar refractivity (Wildman–Crippen MR) is 73.4 cm³/mol. The lowest BCUT2D eigenvalue weighted by Gasteiger charge is -2.14. The van der Waals surface area contributed by atoms with Gasteiger partial charge in [0, 0.05) is 12.5 Å². The quantitative estimate of drug-likeness (QED) is 0.800. The van der Waals surface area contributed by atoms with Crippen LogP contribution in [0.5, 0.6) is 0 Å². The van der Waals surface area contributed by atoms with Gasteiger partial charge in [-0.2, -0.15) is 0 Å². The number of aliphatic carboxylic acids is 1. The highest BCUT2D eigenvalue weighted by Crippen LogP contribution is 2.14. The van der Waals surface area contributed by atoms with E-state index in [0.29, 0.717) is 0 Å². The van der Waals surface area contributed by atoms with Gasteiger partial charge >= 0.3 is 5.97 Å². The normalized spacial score (nSPS) is 13.2. The van der Waals surface area contributed by atoms with E-state index < -0.39 is 16.0 Å². The largest absolute Gasteiger partial charge is 0.481 e. The molecular weight excluding hydrogens is 266 g/mol. The zero-order chi connectivity index (χ0) is 14.5. The first-order chi connectivity index (χ1) is 8.80. The highest BCUT2D eigenvalue weighted by atomic mass is 32.2. The van der Waals surface area contributed by atoms with Gasteiger partial charge in [0.25, 0.3) is 0 Å². The van der Waals surface area contributed by atoms with E-state index in [4.69, 9.17) is 5.11 Å². The van der Waals surface area contributed by atoms with Gasteiger partial charge in [-0.05, 0) is 25.8 Å². The van der Waals surface area contributed by atoms with E-state index in [1.54, 1.807) is 6.92 Å². The third-order valence-corrected chi connectivity index (χ3v) is 4.28. The lowest BCUT2D eigenvalue weighted by atomic mass is 10.1. The number of benzene rings is 1. The molecule has 0 saturated heterocycles. The van der Waals surface area contributed by atoms with E-state index in [-0.39, 0.29) is 24.6 Å². The summed E-state index contributed by atoms with van der Waals surface area (Å²) in [4.78, 5) is 10.3. The molecule has 0 bridgehead atoms. The topological polar surface area (TPSA) is 83.5 Å². The van der Waals surface area contributed by atoms with Crippen molar-refractivity contribution in [3.63, 3.8) is 0 Å². The van der Waals surface area contributed by atoms with Crippen LogP contribution >= 0.6 is 0 Å². The standard InChI is InChI=1S/C13H19NO4S/c1-10-5-7-12(8-6-10)11(2)14-19(17,18)9-3-4-13(15)16/h5-8,11,14H,3-4,9H2,1-2H3,(H,15,16). The second-order valence-corrected chi connectivity index (χ2v) is 6.44. The minimum Gasteiger partial charge on any atom is -0.481 e. The van der Waals surface area contributed by atoms with Crippen LogP contribution in [0.3, 0.4) is 0 Å². The highest BCUT2D eigenvalue weighted by Gasteiger charge is 2.16. The van der Waals surface area contributed by atoms with Crippen molar-refractivity contribution in [1.82, 2.24) is 4.72 Å². The second kappa shape index (κ2) is 6.68. The zero-order valence-corrected chi connectivity index (χ0v) is 11.9. The Kier molecular flexibility index (Phi) is 5.50. The van der Waals surface area contributed by atoms with Crippen molar-refractivity contribution < 1.29 is 18.3 Å². The summed E-state index contributed by atoms with van der Waals surface area (Å²) in [6, 6.07) is 7.27. The Morgan fingerprint density at radius 3 is 2.42 bits per heavy atom. The Morgan fingerprint density at radius 2 is 1.89 bits per heavy atom. The van der Waals surface area contributed by atoms with Crippen molar-refractivity contribution in [2.45, 2.75) is 32.7 Å². The molecule has 5 nitrogen and oxygen atoms in total. The molecule has 1 atom stereocenters. The van der Waals surface area contributed by atoms with Gasteiger partial charge in [0.2, 0.25) is 10.0 Å². The fraction of sp³-hybridized carbons (Fsp3) is 0.462. The third kappa shape index (κ3) is 5.85. The van der Waals surface area contributed by atoms with Crippen molar-refractivity contribution in [1.29, 1.82) is 0 Å². The maximum atomic E-state index is 11.8. The summed E-state index contributed by atoms with van der Waals surface area (Å²) >= 11 is 0. The Balaban J connectivity index is 2.57. The Bertz CT molecular complexity index is 522. The van der Waals surface area contributed by atoms with Crippen LogP contribution in [0, 0.1) is 6.92 Å². The van der Waals surface area contributed by atoms with Crippen molar-refractivity contribution >= 4 is 16.0 Å². The summed E-state index contributed by atoms with van der Waals surface area (Å²) in [5.74, 6) is -1.16. The molecule has 0 aromatic heterocycles. The second-order valence-electron chi connectivity index (χ2n) is 4.57. The van der Waals surface area contributed by atoms with Crippen LogP contribution < -0.4 is 4.72 Å². The number of rotatable bonds is 7. The van der Waals surface area contributed by atoms with Gasteiger partial charge in [-0.25, -0.2) is 13.1 Å². The molecule has 1 aromatic rings. The highest BCUT2D eigenvalue weighted by molar-refractivity contribution is 7.89. The number of sulfonamides is 1. The number of carboxylic acids is 1. The summed E-state index contributed by atoms with van der Waals surface area (Å²) in [5.41, 5.74) is 1.99. The smallest absolute Gasteiger partial charge is 0.303 e. The summed E-state index contributed by atoms with van der Waals surface area (Å²) in [5, 5.41) is 8.48. The van der Waals surface area contributed by atoms with Crippen LogP contribution in [0.15, 0.2) is 24.3 Å². The maximum Gasteiger partial charge on any atom is 0.303 e. The number of hydrogen-bond donors (Lipinski definition) is 2. The van der Waals surface area contributed by atoms with Crippen LogP contribution in [0.1, 0.15) is 36.9 Å². The molecule has 0 aliphatic rings. The minimum atomic E-state index is -3.45. The molecule has 0 aliphatic carbocycles. The number of nitrogens with one attached hydrogen (secondary N) is 1. The molecule has 6 heteroatoms. The van der Waals surface area contributed by atoms with Gasteiger partial charge in [0.15, 0.2) is 0 Å². The molecule has 106 valence electrons. The van der Waals surface area contributed by atoms with Gasteiger partial charge < -0.3 is 5.11 Å². The molecule has 0 fully saturated rings. The average molecular weight is 285 g/mol. The molecule has 0 amide bonds. The molecule has 0 aliphatic heterocycles. The molecule has 0 radical (unpaired) electrons. The maximum absolute atomic E-state index is 11.8. The molecule has 2 N–H and O–H groups in total. The fourth-order valence-electron chi connectivity index (χ4n) is 1.66. The van der Waals surface area contributed by atoms with Gasteiger partial charge in [0.1, 0.15) is 0 Å². The molecule has 1 aromatic carbocycles. The Hall–Kier alpha value is -1.40. The first-order valence-corrected chi connectivity index (χ1v) is 7.74. The summed E-state index contributed by atoms with van der Waals surface area (Å²) in [7, 11) is -3.45. The number of hydrogen-bond acceptors (Lipinski definition) is 3. The van der Waals surface area contributed by atoms with Crippen molar-refractivity contribution in [2.75, 3.05) is 5.75 Å². The first kappa shape index (κ1) is 15.7. The van der Waals surface area contributed by atoms with Crippen LogP contribution in [-0.4, -0.2) is 25.2 Å². The van der Waals surface area contributed by atoms with Gasteiger partial charge in [-0.15, -0.1) is 0 Å². The fourth-order valence-corrected chi connectivity index (χ4v) is 2.98. The van der Waals surface area contributed by atoms with E-state index in [2.05, 4.69) is 4.72 Å². The summed E-state index contributed by atoms with van der Waals surface area (Å²) in [6.45, 7) is 3.73. The van der Waals surface area contributed by atoms with Gasteiger partial charge in [-0.1, -0.05) is 29.8 Å². The van der Waals surface area contributed by atoms with E-state index in [1.807, 2.05) is 31.2 Å². The summed E-state index contributed by atoms with van der Waals surface area (Å²) < 4.78 is 26.1. The summed E-state index contributed by atoms with van der Waals surface area (Å²) in [6.07, 6.45) is -0.0227. The van der Waals surface area contributed by atoms with E-state index in [0.717, 1.165) is 11.1 Å². The minimum absolute atomic E-state index is 0.116. The van der Waals surface area contributed by atoms with Gasteiger partial charge in [-0.3, -0.25) is 4.79 Å². The molecule has 0 spiro atoms. The average Bonchev–Trinajstić information content (AvgIpc) is 2.28. The monoisotopic (exact) mass is 285 g/mol.